The molecule has 3 N–H and O–H groups in total. The molecule has 0 aliphatic heterocycles. The molecule has 0 atom stereocenters. The smallest absolute Gasteiger partial charge is 0.139 e. The summed E-state index contributed by atoms with van der Waals surface area (Å²) >= 11 is 0. The third-order valence-corrected chi connectivity index (χ3v) is 4.69. The van der Waals surface area contributed by atoms with E-state index in [1.807, 2.05) is 54.6 Å². The Morgan fingerprint density at radius 3 is 2.31 bits per heavy atom. The summed E-state index contributed by atoms with van der Waals surface area (Å²) in [6.45, 7) is 0. The molecule has 1 saturated carbocycles. The molecule has 5 nitrogen and oxygen atoms in total. The maximum absolute atomic E-state index is 6.17. The maximum atomic E-state index is 6.17. The summed E-state index contributed by atoms with van der Waals surface area (Å²) in [6.07, 6.45) is 6.39. The Bertz CT molecular complexity index is 859. The summed E-state index contributed by atoms with van der Waals surface area (Å²) in [5.74, 6) is 2.88. The summed E-state index contributed by atoms with van der Waals surface area (Å²) in [5, 5.41) is 3.54. The van der Waals surface area contributed by atoms with Gasteiger partial charge in [-0.2, -0.15) is 0 Å². The van der Waals surface area contributed by atoms with Crippen molar-refractivity contribution in [1.29, 1.82) is 0 Å². The van der Waals surface area contributed by atoms with Crippen LogP contribution >= 0.6 is 0 Å². The third-order valence-electron chi connectivity index (χ3n) is 4.69. The second-order valence-corrected chi connectivity index (χ2v) is 6.55. The van der Waals surface area contributed by atoms with Gasteiger partial charge >= 0.3 is 0 Å². The molecule has 132 valence electrons. The number of hydrogen-bond acceptors (Lipinski definition) is 5. The van der Waals surface area contributed by atoms with Gasteiger partial charge in [-0.25, -0.2) is 9.97 Å². The van der Waals surface area contributed by atoms with Gasteiger partial charge in [0.1, 0.15) is 29.5 Å². The Balaban J connectivity index is 1.58. The lowest BCUT2D eigenvalue weighted by atomic mass is 10.1. The monoisotopic (exact) mass is 346 g/mol. The van der Waals surface area contributed by atoms with Gasteiger partial charge in [-0.3, -0.25) is 0 Å². The van der Waals surface area contributed by atoms with Crippen LogP contribution in [0.25, 0.3) is 11.1 Å². The van der Waals surface area contributed by atoms with Crippen LogP contribution in [-0.2, 0) is 0 Å². The molecular weight excluding hydrogens is 324 g/mol. The second kappa shape index (κ2) is 7.44. The molecule has 1 heterocycles. The summed E-state index contributed by atoms with van der Waals surface area (Å²) in [6, 6.07) is 18.1. The number of nitrogens with one attached hydrogen (secondary N) is 1. The zero-order valence-corrected chi connectivity index (χ0v) is 14.6. The van der Waals surface area contributed by atoms with E-state index in [-0.39, 0.29) is 0 Å². The number of para-hydroxylation sites is 1. The first-order chi connectivity index (χ1) is 12.8. The molecule has 3 aromatic rings. The molecular formula is C21H22N4O. The van der Waals surface area contributed by atoms with Crippen molar-refractivity contribution >= 4 is 11.6 Å². The van der Waals surface area contributed by atoms with Crippen LogP contribution in [0.2, 0.25) is 0 Å². The normalized spacial score (nSPS) is 14.3. The number of nitrogens with zero attached hydrogens (tertiary/aromatic N) is 2. The van der Waals surface area contributed by atoms with Gasteiger partial charge in [-0.1, -0.05) is 43.2 Å². The van der Waals surface area contributed by atoms with Gasteiger partial charge in [0, 0.05) is 6.04 Å². The Morgan fingerprint density at radius 1 is 0.885 bits per heavy atom. The van der Waals surface area contributed by atoms with Crippen molar-refractivity contribution in [1.82, 2.24) is 9.97 Å². The van der Waals surface area contributed by atoms with Crippen LogP contribution in [0.4, 0.5) is 11.6 Å². The van der Waals surface area contributed by atoms with Crippen molar-refractivity contribution in [3.05, 3.63) is 60.9 Å². The fourth-order valence-electron chi connectivity index (χ4n) is 3.37. The van der Waals surface area contributed by atoms with Crippen LogP contribution in [0.15, 0.2) is 60.9 Å². The van der Waals surface area contributed by atoms with Gasteiger partial charge in [-0.15, -0.1) is 0 Å². The van der Waals surface area contributed by atoms with Gasteiger partial charge in [-0.05, 0) is 42.7 Å². The molecule has 1 aliphatic carbocycles. The van der Waals surface area contributed by atoms with Crippen molar-refractivity contribution in [2.45, 2.75) is 31.7 Å². The standard InChI is InChI=1S/C21H22N4O/c22-20-19(21(24-14-23-20)25-16-6-4-5-7-16)15-10-12-18(13-11-15)26-17-8-2-1-3-9-17/h1-3,8-14,16H,4-7H2,(H3,22,23,24,25). The van der Waals surface area contributed by atoms with Gasteiger partial charge in [0.2, 0.25) is 0 Å². The van der Waals surface area contributed by atoms with Crippen LogP contribution in [0.3, 0.4) is 0 Å². The summed E-state index contributed by atoms with van der Waals surface area (Å²) in [4.78, 5) is 8.61. The minimum Gasteiger partial charge on any atom is -0.457 e. The highest BCUT2D eigenvalue weighted by Gasteiger charge is 2.19. The van der Waals surface area contributed by atoms with E-state index in [2.05, 4.69) is 15.3 Å². The van der Waals surface area contributed by atoms with Gasteiger partial charge in [0.25, 0.3) is 0 Å². The average Bonchev–Trinajstić information content (AvgIpc) is 3.17. The molecule has 0 radical (unpaired) electrons. The number of nitrogen functional groups attached to an aromatic ring is 1. The van der Waals surface area contributed by atoms with E-state index in [9.17, 15) is 0 Å². The van der Waals surface area contributed by atoms with Crippen LogP contribution in [-0.4, -0.2) is 16.0 Å². The zero-order valence-electron chi connectivity index (χ0n) is 14.6. The Labute approximate surface area is 153 Å². The fourth-order valence-corrected chi connectivity index (χ4v) is 3.37. The SMILES string of the molecule is Nc1ncnc(NC2CCCC2)c1-c1ccc(Oc2ccccc2)cc1. The number of ether oxygens (including phenoxy) is 1. The van der Waals surface area contributed by atoms with E-state index in [0.717, 1.165) is 28.4 Å². The van der Waals surface area contributed by atoms with Crippen molar-refractivity contribution in [3.63, 3.8) is 0 Å². The summed E-state index contributed by atoms with van der Waals surface area (Å²) < 4.78 is 5.86. The molecule has 4 rings (SSSR count). The first kappa shape index (κ1) is 16.4. The molecule has 5 heteroatoms. The van der Waals surface area contributed by atoms with Gasteiger partial charge in [0.05, 0.1) is 5.56 Å². The Hall–Kier alpha value is -3.08. The van der Waals surface area contributed by atoms with Crippen LogP contribution in [0, 0.1) is 0 Å². The van der Waals surface area contributed by atoms with Gasteiger partial charge in [0.15, 0.2) is 0 Å². The molecule has 1 aliphatic rings. The zero-order chi connectivity index (χ0) is 17.8. The first-order valence-electron chi connectivity index (χ1n) is 9.00. The highest BCUT2D eigenvalue weighted by atomic mass is 16.5. The fraction of sp³-hybridized carbons (Fsp3) is 0.238. The molecule has 0 bridgehead atoms. The molecule has 0 saturated heterocycles. The largest absolute Gasteiger partial charge is 0.457 e. The Morgan fingerprint density at radius 2 is 1.58 bits per heavy atom. The lowest BCUT2D eigenvalue weighted by Gasteiger charge is -2.17. The number of aromatic nitrogens is 2. The average molecular weight is 346 g/mol. The molecule has 26 heavy (non-hydrogen) atoms. The van der Waals surface area contributed by atoms with Crippen LogP contribution in [0.1, 0.15) is 25.7 Å². The third kappa shape index (κ3) is 3.61. The topological polar surface area (TPSA) is 73.1 Å². The van der Waals surface area contributed by atoms with Crippen molar-refractivity contribution in [3.8, 4) is 22.6 Å². The number of benzene rings is 2. The lowest BCUT2D eigenvalue weighted by molar-refractivity contribution is 0.483. The molecule has 0 amide bonds. The summed E-state index contributed by atoms with van der Waals surface area (Å²) in [5.41, 5.74) is 8.00. The lowest BCUT2D eigenvalue weighted by Crippen LogP contribution is -2.17. The minimum atomic E-state index is 0.462. The van der Waals surface area contributed by atoms with E-state index in [1.54, 1.807) is 0 Å². The number of anilines is 2. The second-order valence-electron chi connectivity index (χ2n) is 6.55. The molecule has 0 unspecified atom stereocenters. The molecule has 2 aromatic carbocycles. The predicted molar refractivity (Wildman–Crippen MR) is 104 cm³/mol. The van der Waals surface area contributed by atoms with E-state index >= 15 is 0 Å². The minimum absolute atomic E-state index is 0.462. The molecule has 1 fully saturated rings. The number of nitrogens with two attached hydrogens (primary N) is 1. The van der Waals surface area contributed by atoms with Crippen LogP contribution < -0.4 is 15.8 Å². The first-order valence-corrected chi connectivity index (χ1v) is 9.00. The highest BCUT2D eigenvalue weighted by Crippen LogP contribution is 2.34. The quantitative estimate of drug-likeness (QED) is 0.689. The predicted octanol–water partition coefficient (Wildman–Crippen LogP) is 4.87. The van der Waals surface area contributed by atoms with E-state index in [4.69, 9.17) is 10.5 Å². The maximum Gasteiger partial charge on any atom is 0.139 e. The highest BCUT2D eigenvalue weighted by molar-refractivity contribution is 5.83. The Kier molecular flexibility index (Phi) is 4.69. The van der Waals surface area contributed by atoms with E-state index in [1.165, 1.54) is 32.0 Å². The van der Waals surface area contributed by atoms with Crippen LogP contribution in [0.5, 0.6) is 11.5 Å². The number of hydrogen-bond donors (Lipinski definition) is 2. The van der Waals surface area contributed by atoms with E-state index in [0.29, 0.717) is 11.9 Å². The van der Waals surface area contributed by atoms with E-state index < -0.39 is 0 Å². The molecule has 0 spiro atoms. The number of rotatable bonds is 5. The van der Waals surface area contributed by atoms with Crippen molar-refractivity contribution in [2.75, 3.05) is 11.1 Å². The van der Waals surface area contributed by atoms with Crippen molar-refractivity contribution in [2.24, 2.45) is 0 Å². The van der Waals surface area contributed by atoms with Gasteiger partial charge < -0.3 is 15.8 Å². The summed E-state index contributed by atoms with van der Waals surface area (Å²) in [7, 11) is 0. The van der Waals surface area contributed by atoms with Crippen molar-refractivity contribution < 1.29 is 4.74 Å². The molecule has 1 aromatic heterocycles.